The van der Waals surface area contributed by atoms with E-state index in [9.17, 15) is 4.79 Å². The van der Waals surface area contributed by atoms with Crippen molar-refractivity contribution in [3.8, 4) is 0 Å². The lowest BCUT2D eigenvalue weighted by molar-refractivity contribution is -0.151. The van der Waals surface area contributed by atoms with Crippen LogP contribution in [0.4, 0.5) is 0 Å². The Morgan fingerprint density at radius 2 is 2.17 bits per heavy atom. The summed E-state index contributed by atoms with van der Waals surface area (Å²) in [6.45, 7) is 8.09. The summed E-state index contributed by atoms with van der Waals surface area (Å²) < 4.78 is 4.85. The van der Waals surface area contributed by atoms with E-state index in [-0.39, 0.29) is 5.97 Å². The minimum atomic E-state index is -0.427. The van der Waals surface area contributed by atoms with E-state index in [1.54, 1.807) is 0 Å². The molecule has 0 saturated carbocycles. The summed E-state index contributed by atoms with van der Waals surface area (Å²) in [5.74, 6) is 0.595. The first-order chi connectivity index (χ1) is 8.35. The molecule has 1 heterocycles. The molecule has 0 aromatic rings. The molecule has 1 aliphatic rings. The van der Waals surface area contributed by atoms with Crippen LogP contribution in [0.25, 0.3) is 0 Å². The van der Waals surface area contributed by atoms with Gasteiger partial charge >= 0.3 is 5.97 Å². The normalized spacial score (nSPS) is 22.2. The number of carbonyl (C=O) groups is 1. The molecule has 18 heavy (non-hydrogen) atoms. The van der Waals surface area contributed by atoms with Gasteiger partial charge in [-0.2, -0.15) is 0 Å². The van der Waals surface area contributed by atoms with Gasteiger partial charge in [0.2, 0.25) is 0 Å². The van der Waals surface area contributed by atoms with Crippen LogP contribution in [0, 0.1) is 11.3 Å². The summed E-state index contributed by atoms with van der Waals surface area (Å²) in [7, 11) is 5.74. The number of methoxy groups -OCH3 is 1. The van der Waals surface area contributed by atoms with Gasteiger partial charge in [0.15, 0.2) is 0 Å². The molecular formula is C14H28N2O2. The van der Waals surface area contributed by atoms with Crippen LogP contribution < -0.4 is 0 Å². The van der Waals surface area contributed by atoms with Gasteiger partial charge in [0, 0.05) is 19.6 Å². The van der Waals surface area contributed by atoms with Crippen LogP contribution >= 0.6 is 0 Å². The predicted molar refractivity (Wildman–Crippen MR) is 73.5 cm³/mol. The zero-order valence-electron chi connectivity index (χ0n) is 12.5. The lowest BCUT2D eigenvalue weighted by Crippen LogP contribution is -2.43. The van der Waals surface area contributed by atoms with Crippen molar-refractivity contribution in [1.29, 1.82) is 0 Å². The van der Waals surface area contributed by atoms with Crippen LogP contribution in [0.15, 0.2) is 0 Å². The third-order valence-corrected chi connectivity index (χ3v) is 3.70. The van der Waals surface area contributed by atoms with Gasteiger partial charge in [-0.25, -0.2) is 0 Å². The van der Waals surface area contributed by atoms with E-state index >= 15 is 0 Å². The molecule has 0 radical (unpaired) electrons. The zero-order chi connectivity index (χ0) is 13.8. The van der Waals surface area contributed by atoms with Crippen molar-refractivity contribution < 1.29 is 9.53 Å². The van der Waals surface area contributed by atoms with Crippen molar-refractivity contribution in [2.24, 2.45) is 11.3 Å². The number of nitrogens with zero attached hydrogens (tertiary/aromatic N) is 2. The number of hydrogen-bond donors (Lipinski definition) is 0. The van der Waals surface area contributed by atoms with E-state index in [0.29, 0.717) is 0 Å². The number of piperidine rings is 1. The highest BCUT2D eigenvalue weighted by molar-refractivity contribution is 5.76. The molecule has 4 heteroatoms. The summed E-state index contributed by atoms with van der Waals surface area (Å²) in [6, 6.07) is 0. The van der Waals surface area contributed by atoms with Crippen LogP contribution in [0.3, 0.4) is 0 Å². The topological polar surface area (TPSA) is 32.8 Å². The number of likely N-dealkylation sites (tertiary alicyclic amines) is 1. The molecule has 1 unspecified atom stereocenters. The molecular weight excluding hydrogens is 228 g/mol. The Balaban J connectivity index is 2.41. The van der Waals surface area contributed by atoms with E-state index in [0.717, 1.165) is 19.0 Å². The molecule has 0 aromatic heterocycles. The predicted octanol–water partition coefficient (Wildman–Crippen LogP) is 1.46. The quantitative estimate of drug-likeness (QED) is 0.697. The lowest BCUT2D eigenvalue weighted by atomic mass is 9.92. The summed E-state index contributed by atoms with van der Waals surface area (Å²) in [5.41, 5.74) is -0.427. The zero-order valence-corrected chi connectivity index (χ0v) is 12.5. The van der Waals surface area contributed by atoms with Gasteiger partial charge in [-0.15, -0.1) is 0 Å². The molecule has 1 rings (SSSR count). The molecule has 0 spiro atoms. The Labute approximate surface area is 111 Å². The van der Waals surface area contributed by atoms with E-state index in [4.69, 9.17) is 4.74 Å². The Kier molecular flexibility index (Phi) is 5.60. The van der Waals surface area contributed by atoms with Gasteiger partial charge in [-0.05, 0) is 53.2 Å². The molecule has 0 aliphatic carbocycles. The summed E-state index contributed by atoms with van der Waals surface area (Å²) in [5, 5.41) is 0. The number of rotatable bonds is 5. The van der Waals surface area contributed by atoms with Crippen molar-refractivity contribution >= 4 is 5.97 Å². The summed E-state index contributed by atoms with van der Waals surface area (Å²) in [4.78, 5) is 16.3. The first-order valence-corrected chi connectivity index (χ1v) is 6.80. The molecule has 1 saturated heterocycles. The van der Waals surface area contributed by atoms with E-state index < -0.39 is 5.41 Å². The average molecular weight is 256 g/mol. The maximum absolute atomic E-state index is 11.7. The lowest BCUT2D eigenvalue weighted by Gasteiger charge is -2.34. The van der Waals surface area contributed by atoms with Gasteiger partial charge < -0.3 is 14.5 Å². The fourth-order valence-electron chi connectivity index (χ4n) is 2.94. The van der Waals surface area contributed by atoms with Gasteiger partial charge in [0.05, 0.1) is 12.5 Å². The van der Waals surface area contributed by atoms with E-state index in [1.165, 1.54) is 33.0 Å². The van der Waals surface area contributed by atoms with Crippen molar-refractivity contribution in [3.63, 3.8) is 0 Å². The molecule has 4 nitrogen and oxygen atoms in total. The number of esters is 1. The first-order valence-electron chi connectivity index (χ1n) is 6.80. The number of ether oxygens (including phenoxy) is 1. The third-order valence-electron chi connectivity index (χ3n) is 3.70. The Hall–Kier alpha value is -0.610. The number of hydrogen-bond acceptors (Lipinski definition) is 4. The minimum Gasteiger partial charge on any atom is -0.469 e. The molecule has 0 amide bonds. The highest BCUT2D eigenvalue weighted by Crippen LogP contribution is 2.21. The number of carbonyl (C=O) groups excluding carboxylic acids is 1. The molecule has 0 aromatic carbocycles. The van der Waals surface area contributed by atoms with E-state index in [2.05, 4.69) is 23.9 Å². The van der Waals surface area contributed by atoms with Crippen LogP contribution in [0.5, 0.6) is 0 Å². The molecule has 1 fully saturated rings. The monoisotopic (exact) mass is 256 g/mol. The van der Waals surface area contributed by atoms with Gasteiger partial charge in [0.25, 0.3) is 0 Å². The van der Waals surface area contributed by atoms with Crippen molar-refractivity contribution in [3.05, 3.63) is 0 Å². The molecule has 1 aliphatic heterocycles. The van der Waals surface area contributed by atoms with Crippen LogP contribution in [-0.4, -0.2) is 63.2 Å². The molecule has 1 atom stereocenters. The SMILES string of the molecule is COC(=O)C(C)(C)CN(C)CC1CCCN(C)C1. The fourth-order valence-corrected chi connectivity index (χ4v) is 2.94. The van der Waals surface area contributed by atoms with Crippen LogP contribution in [0.1, 0.15) is 26.7 Å². The Morgan fingerprint density at radius 3 is 2.72 bits per heavy atom. The van der Waals surface area contributed by atoms with Crippen molar-refractivity contribution in [2.45, 2.75) is 26.7 Å². The molecule has 106 valence electrons. The summed E-state index contributed by atoms with van der Waals surface area (Å²) in [6.07, 6.45) is 2.59. The minimum absolute atomic E-state index is 0.130. The van der Waals surface area contributed by atoms with Gasteiger partial charge in [0.1, 0.15) is 0 Å². The Bertz CT molecular complexity index is 279. The van der Waals surface area contributed by atoms with Gasteiger partial charge in [-0.3, -0.25) is 4.79 Å². The molecule has 0 bridgehead atoms. The summed E-state index contributed by atoms with van der Waals surface area (Å²) >= 11 is 0. The first kappa shape index (κ1) is 15.4. The maximum atomic E-state index is 11.7. The third kappa shape index (κ3) is 4.58. The average Bonchev–Trinajstić information content (AvgIpc) is 2.26. The van der Waals surface area contributed by atoms with Crippen molar-refractivity contribution in [1.82, 2.24) is 9.80 Å². The maximum Gasteiger partial charge on any atom is 0.312 e. The second kappa shape index (κ2) is 6.53. The highest BCUT2D eigenvalue weighted by Gasteiger charge is 2.31. The highest BCUT2D eigenvalue weighted by atomic mass is 16.5. The fraction of sp³-hybridized carbons (Fsp3) is 0.929. The second-order valence-electron chi connectivity index (χ2n) is 6.34. The van der Waals surface area contributed by atoms with Crippen molar-refractivity contribution in [2.75, 3.05) is 47.4 Å². The van der Waals surface area contributed by atoms with E-state index in [1.807, 2.05) is 13.8 Å². The standard InChI is InChI=1S/C14H28N2O2/c1-14(2,13(17)18-5)11-16(4)10-12-7-6-8-15(3)9-12/h12H,6-11H2,1-5H3. The van der Waals surface area contributed by atoms with Crippen LogP contribution in [-0.2, 0) is 9.53 Å². The van der Waals surface area contributed by atoms with Crippen LogP contribution in [0.2, 0.25) is 0 Å². The molecule has 0 N–H and O–H groups in total. The van der Waals surface area contributed by atoms with Gasteiger partial charge in [-0.1, -0.05) is 0 Å². The second-order valence-corrected chi connectivity index (χ2v) is 6.34. The smallest absolute Gasteiger partial charge is 0.312 e. The largest absolute Gasteiger partial charge is 0.469 e. The Morgan fingerprint density at radius 1 is 1.50 bits per heavy atom.